The topological polar surface area (TPSA) is 74.3 Å². The summed E-state index contributed by atoms with van der Waals surface area (Å²) in [6, 6.07) is 0. The van der Waals surface area contributed by atoms with E-state index >= 15 is 0 Å². The Bertz CT molecular complexity index is 654. The number of fused-ring (bicyclic) bond motifs is 1. The molecular formula is C12H14N2O4. The molecule has 0 aliphatic carbocycles. The van der Waals surface area contributed by atoms with Crippen molar-refractivity contribution >= 4 is 17.1 Å². The number of carbonyl (C=O) groups is 1. The lowest BCUT2D eigenvalue weighted by Gasteiger charge is -2.06. The highest BCUT2D eigenvalue weighted by Crippen LogP contribution is 2.15. The number of pyridine rings is 1. The lowest BCUT2D eigenvalue weighted by atomic mass is 10.2. The predicted octanol–water partition coefficient (Wildman–Crippen LogP) is 1.49. The Balaban J connectivity index is 2.76. The third-order valence-corrected chi connectivity index (χ3v) is 2.70. The SMILES string of the molecule is CCOC(=O)c1cn(CC)c2onc(C)c2c1=O. The van der Waals surface area contributed by atoms with E-state index in [-0.39, 0.29) is 12.2 Å². The largest absolute Gasteiger partial charge is 0.462 e. The van der Waals surface area contributed by atoms with Crippen LogP contribution in [0.2, 0.25) is 0 Å². The smallest absolute Gasteiger partial charge is 0.343 e. The van der Waals surface area contributed by atoms with Gasteiger partial charge in [-0.3, -0.25) is 4.79 Å². The van der Waals surface area contributed by atoms with Crippen LogP contribution < -0.4 is 5.43 Å². The van der Waals surface area contributed by atoms with Crippen molar-refractivity contribution in [3.8, 4) is 0 Å². The minimum atomic E-state index is -0.618. The van der Waals surface area contributed by atoms with Gasteiger partial charge < -0.3 is 13.8 Å². The first kappa shape index (κ1) is 12.3. The quantitative estimate of drug-likeness (QED) is 0.771. The molecule has 0 saturated heterocycles. The highest BCUT2D eigenvalue weighted by Gasteiger charge is 2.20. The van der Waals surface area contributed by atoms with Crippen molar-refractivity contribution in [1.82, 2.24) is 9.72 Å². The maximum absolute atomic E-state index is 12.2. The molecule has 6 heteroatoms. The number of rotatable bonds is 3. The Morgan fingerprint density at radius 3 is 2.83 bits per heavy atom. The summed E-state index contributed by atoms with van der Waals surface area (Å²) in [4.78, 5) is 23.9. The monoisotopic (exact) mass is 250 g/mol. The fourth-order valence-corrected chi connectivity index (χ4v) is 1.81. The molecule has 0 unspecified atom stereocenters. The van der Waals surface area contributed by atoms with Crippen molar-refractivity contribution < 1.29 is 14.1 Å². The molecule has 0 spiro atoms. The number of aromatic nitrogens is 2. The first-order chi connectivity index (χ1) is 8.60. The molecule has 0 saturated carbocycles. The molecule has 2 heterocycles. The zero-order valence-electron chi connectivity index (χ0n) is 10.5. The van der Waals surface area contributed by atoms with Gasteiger partial charge >= 0.3 is 5.97 Å². The zero-order valence-corrected chi connectivity index (χ0v) is 10.5. The fraction of sp³-hybridized carbons (Fsp3) is 0.417. The number of aryl methyl sites for hydroxylation is 2. The van der Waals surface area contributed by atoms with Crippen LogP contribution in [-0.4, -0.2) is 22.3 Å². The van der Waals surface area contributed by atoms with Gasteiger partial charge in [0.1, 0.15) is 10.9 Å². The van der Waals surface area contributed by atoms with Gasteiger partial charge in [0.15, 0.2) is 0 Å². The van der Waals surface area contributed by atoms with Crippen molar-refractivity contribution in [2.75, 3.05) is 6.61 Å². The van der Waals surface area contributed by atoms with E-state index in [4.69, 9.17) is 9.26 Å². The maximum Gasteiger partial charge on any atom is 0.343 e. The summed E-state index contributed by atoms with van der Waals surface area (Å²) in [7, 11) is 0. The average Bonchev–Trinajstić information content (AvgIpc) is 2.73. The second-order valence-corrected chi connectivity index (χ2v) is 3.83. The van der Waals surface area contributed by atoms with Crippen LogP contribution in [0, 0.1) is 6.92 Å². The molecule has 2 aromatic heterocycles. The standard InChI is InChI=1S/C12H14N2O4/c1-4-14-6-8(12(16)17-5-2)10(15)9-7(3)13-18-11(9)14/h6H,4-5H2,1-3H3. The summed E-state index contributed by atoms with van der Waals surface area (Å²) < 4.78 is 11.6. The van der Waals surface area contributed by atoms with Crippen LogP contribution in [0.5, 0.6) is 0 Å². The highest BCUT2D eigenvalue weighted by molar-refractivity contribution is 5.93. The first-order valence-corrected chi connectivity index (χ1v) is 5.76. The minimum Gasteiger partial charge on any atom is -0.462 e. The van der Waals surface area contributed by atoms with Gasteiger partial charge in [0.05, 0.1) is 12.3 Å². The Morgan fingerprint density at radius 2 is 2.22 bits per heavy atom. The van der Waals surface area contributed by atoms with E-state index in [9.17, 15) is 9.59 Å². The van der Waals surface area contributed by atoms with E-state index < -0.39 is 11.4 Å². The Labute approximate surface area is 103 Å². The lowest BCUT2D eigenvalue weighted by molar-refractivity contribution is 0.0524. The number of ether oxygens (including phenoxy) is 1. The minimum absolute atomic E-state index is 0.0116. The molecule has 6 nitrogen and oxygen atoms in total. The summed E-state index contributed by atoms with van der Waals surface area (Å²) in [5.74, 6) is -0.618. The molecule has 0 N–H and O–H groups in total. The summed E-state index contributed by atoms with van der Waals surface area (Å²) in [5, 5.41) is 4.10. The number of esters is 1. The Hall–Kier alpha value is -2.11. The van der Waals surface area contributed by atoms with Gasteiger partial charge in [-0.2, -0.15) is 0 Å². The highest BCUT2D eigenvalue weighted by atomic mass is 16.5. The molecule has 0 aliphatic heterocycles. The average molecular weight is 250 g/mol. The predicted molar refractivity (Wildman–Crippen MR) is 64.6 cm³/mol. The van der Waals surface area contributed by atoms with Gasteiger partial charge in [-0.15, -0.1) is 0 Å². The first-order valence-electron chi connectivity index (χ1n) is 5.76. The molecule has 0 aliphatic rings. The van der Waals surface area contributed by atoms with Crippen LogP contribution in [0.1, 0.15) is 29.9 Å². The van der Waals surface area contributed by atoms with Crippen LogP contribution in [-0.2, 0) is 11.3 Å². The lowest BCUT2D eigenvalue weighted by Crippen LogP contribution is -2.20. The van der Waals surface area contributed by atoms with Crippen molar-refractivity contribution in [3.05, 3.63) is 27.7 Å². The Kier molecular flexibility index (Phi) is 3.18. The summed E-state index contributed by atoms with van der Waals surface area (Å²) in [5.41, 5.74) is 0.473. The van der Waals surface area contributed by atoms with Crippen LogP contribution in [0.4, 0.5) is 0 Å². The molecule has 0 amide bonds. The second-order valence-electron chi connectivity index (χ2n) is 3.83. The molecule has 0 bridgehead atoms. The van der Waals surface area contributed by atoms with E-state index in [0.29, 0.717) is 23.3 Å². The van der Waals surface area contributed by atoms with E-state index in [0.717, 1.165) is 0 Å². The van der Waals surface area contributed by atoms with Gasteiger partial charge in [-0.05, 0) is 20.8 Å². The number of hydrogen-bond donors (Lipinski definition) is 0. The van der Waals surface area contributed by atoms with Crippen LogP contribution >= 0.6 is 0 Å². The molecule has 18 heavy (non-hydrogen) atoms. The van der Waals surface area contributed by atoms with Gasteiger partial charge in [0, 0.05) is 12.7 Å². The van der Waals surface area contributed by atoms with Gasteiger partial charge in [-0.25, -0.2) is 4.79 Å². The molecule has 0 aromatic carbocycles. The number of carbonyl (C=O) groups excluding carboxylic acids is 1. The zero-order chi connectivity index (χ0) is 13.3. The van der Waals surface area contributed by atoms with E-state index in [1.807, 2.05) is 6.92 Å². The summed E-state index contributed by atoms with van der Waals surface area (Å²) >= 11 is 0. The van der Waals surface area contributed by atoms with Crippen molar-refractivity contribution in [2.45, 2.75) is 27.3 Å². The van der Waals surface area contributed by atoms with Crippen LogP contribution in [0.25, 0.3) is 11.1 Å². The van der Waals surface area contributed by atoms with Gasteiger partial charge in [0.25, 0.3) is 0 Å². The van der Waals surface area contributed by atoms with Crippen molar-refractivity contribution in [2.24, 2.45) is 0 Å². The second kappa shape index (κ2) is 4.64. The van der Waals surface area contributed by atoms with Gasteiger partial charge in [0.2, 0.25) is 11.1 Å². The number of nitrogens with zero attached hydrogens (tertiary/aromatic N) is 2. The molecule has 0 atom stereocenters. The van der Waals surface area contributed by atoms with Crippen molar-refractivity contribution in [1.29, 1.82) is 0 Å². The normalized spacial score (nSPS) is 10.8. The van der Waals surface area contributed by atoms with E-state index in [1.165, 1.54) is 6.20 Å². The molecule has 0 radical (unpaired) electrons. The van der Waals surface area contributed by atoms with Crippen LogP contribution in [0.15, 0.2) is 15.5 Å². The molecule has 2 aromatic rings. The molecule has 2 rings (SSSR count). The summed E-state index contributed by atoms with van der Waals surface area (Å²) in [6.45, 7) is 6.04. The van der Waals surface area contributed by atoms with Gasteiger partial charge in [-0.1, -0.05) is 5.16 Å². The molecule has 96 valence electrons. The van der Waals surface area contributed by atoms with Crippen LogP contribution in [0.3, 0.4) is 0 Å². The molecular weight excluding hydrogens is 236 g/mol. The summed E-state index contributed by atoms with van der Waals surface area (Å²) in [6.07, 6.45) is 1.45. The third kappa shape index (κ3) is 1.79. The number of hydrogen-bond acceptors (Lipinski definition) is 5. The maximum atomic E-state index is 12.2. The third-order valence-electron chi connectivity index (χ3n) is 2.70. The fourth-order valence-electron chi connectivity index (χ4n) is 1.81. The van der Waals surface area contributed by atoms with E-state index in [1.54, 1.807) is 18.4 Å². The molecule has 0 fully saturated rings. The van der Waals surface area contributed by atoms with E-state index in [2.05, 4.69) is 5.16 Å². The van der Waals surface area contributed by atoms with Crippen molar-refractivity contribution in [3.63, 3.8) is 0 Å². The Morgan fingerprint density at radius 1 is 1.50 bits per heavy atom.